The largest absolute Gasteiger partial charge is 0.489 e. The molecular formula is C19H20N2O. The Morgan fingerprint density at radius 3 is 2.59 bits per heavy atom. The molecule has 3 nitrogen and oxygen atoms in total. The molecule has 3 saturated heterocycles. The van der Waals surface area contributed by atoms with Gasteiger partial charge in [0, 0.05) is 28.9 Å². The lowest BCUT2D eigenvalue weighted by Gasteiger charge is -2.44. The number of rotatable bonds is 2. The van der Waals surface area contributed by atoms with Crippen LogP contribution in [0.2, 0.25) is 0 Å². The molecule has 112 valence electrons. The number of ether oxygens (including phenoxy) is 1. The summed E-state index contributed by atoms with van der Waals surface area (Å²) in [6, 6.07) is 14.9. The maximum Gasteiger partial charge on any atom is 0.121 e. The van der Waals surface area contributed by atoms with Crippen molar-refractivity contribution in [3.8, 4) is 5.75 Å². The van der Waals surface area contributed by atoms with Crippen LogP contribution in [-0.4, -0.2) is 35.6 Å². The maximum atomic E-state index is 6.33. The molecule has 0 saturated carbocycles. The number of H-pyrrole nitrogens is 1. The van der Waals surface area contributed by atoms with Gasteiger partial charge >= 0.3 is 0 Å². The first-order valence-electron chi connectivity index (χ1n) is 8.26. The number of fused-ring (bicyclic) bond motifs is 6. The Balaban J connectivity index is 1.49. The molecule has 22 heavy (non-hydrogen) atoms. The summed E-state index contributed by atoms with van der Waals surface area (Å²) in [6.07, 6.45) is 2.95. The SMILES string of the molecule is c1ccc2c(c1)[nH]c1cc(OC3CN4CCC3CC4)ccc12. The highest BCUT2D eigenvalue weighted by molar-refractivity contribution is 6.07. The fourth-order valence-electron chi connectivity index (χ4n) is 4.13. The molecule has 1 unspecified atom stereocenters. The molecule has 1 aromatic heterocycles. The zero-order valence-corrected chi connectivity index (χ0v) is 12.6. The number of nitrogens with one attached hydrogen (secondary N) is 1. The van der Waals surface area contributed by atoms with Gasteiger partial charge in [-0.3, -0.25) is 4.90 Å². The first-order valence-corrected chi connectivity index (χ1v) is 8.26. The van der Waals surface area contributed by atoms with Gasteiger partial charge in [-0.2, -0.15) is 0 Å². The average Bonchev–Trinajstić information content (AvgIpc) is 2.93. The highest BCUT2D eigenvalue weighted by atomic mass is 16.5. The minimum Gasteiger partial charge on any atom is -0.489 e. The molecule has 3 heteroatoms. The number of hydrogen-bond acceptors (Lipinski definition) is 2. The van der Waals surface area contributed by atoms with Gasteiger partial charge in [0.25, 0.3) is 0 Å². The predicted octanol–water partition coefficient (Wildman–Crippen LogP) is 3.79. The van der Waals surface area contributed by atoms with E-state index < -0.39 is 0 Å². The van der Waals surface area contributed by atoms with E-state index in [-0.39, 0.29) is 0 Å². The van der Waals surface area contributed by atoms with E-state index in [0.717, 1.165) is 18.2 Å². The molecule has 3 aliphatic rings. The lowest BCUT2D eigenvalue weighted by atomic mass is 9.86. The molecule has 1 atom stereocenters. The number of aromatic nitrogens is 1. The number of para-hydroxylation sites is 1. The lowest BCUT2D eigenvalue weighted by molar-refractivity contribution is -0.00769. The number of nitrogens with zero attached hydrogens (tertiary/aromatic N) is 1. The minimum atomic E-state index is 0.365. The molecule has 2 bridgehead atoms. The number of benzene rings is 2. The summed E-state index contributed by atoms with van der Waals surface area (Å²) in [6.45, 7) is 3.60. The molecule has 3 fully saturated rings. The maximum absolute atomic E-state index is 6.33. The summed E-state index contributed by atoms with van der Waals surface area (Å²) in [4.78, 5) is 6.03. The average molecular weight is 292 g/mol. The smallest absolute Gasteiger partial charge is 0.121 e. The highest BCUT2D eigenvalue weighted by Gasteiger charge is 2.35. The van der Waals surface area contributed by atoms with E-state index in [0.29, 0.717) is 6.10 Å². The predicted molar refractivity (Wildman–Crippen MR) is 89.4 cm³/mol. The molecular weight excluding hydrogens is 272 g/mol. The van der Waals surface area contributed by atoms with E-state index in [1.807, 2.05) is 0 Å². The van der Waals surface area contributed by atoms with Crippen molar-refractivity contribution in [1.82, 2.24) is 9.88 Å². The Morgan fingerprint density at radius 1 is 0.955 bits per heavy atom. The van der Waals surface area contributed by atoms with E-state index >= 15 is 0 Å². The van der Waals surface area contributed by atoms with Crippen molar-refractivity contribution in [3.63, 3.8) is 0 Å². The second-order valence-electron chi connectivity index (χ2n) is 6.67. The monoisotopic (exact) mass is 292 g/mol. The quantitative estimate of drug-likeness (QED) is 0.778. The van der Waals surface area contributed by atoms with Crippen LogP contribution < -0.4 is 4.74 Å². The highest BCUT2D eigenvalue weighted by Crippen LogP contribution is 2.33. The van der Waals surface area contributed by atoms with E-state index in [2.05, 4.69) is 52.3 Å². The normalized spacial score (nSPS) is 27.5. The second kappa shape index (κ2) is 4.75. The van der Waals surface area contributed by atoms with Crippen LogP contribution in [0.1, 0.15) is 12.8 Å². The van der Waals surface area contributed by atoms with E-state index in [1.54, 1.807) is 0 Å². The topological polar surface area (TPSA) is 28.3 Å². The van der Waals surface area contributed by atoms with Crippen molar-refractivity contribution >= 4 is 21.8 Å². The van der Waals surface area contributed by atoms with Gasteiger partial charge in [0.05, 0.1) is 5.52 Å². The third-order valence-electron chi connectivity index (χ3n) is 5.36. The van der Waals surface area contributed by atoms with Gasteiger partial charge in [0.15, 0.2) is 0 Å². The Hall–Kier alpha value is -2.00. The Bertz CT molecular complexity index is 830. The zero-order chi connectivity index (χ0) is 14.5. The van der Waals surface area contributed by atoms with Crippen molar-refractivity contribution in [3.05, 3.63) is 42.5 Å². The van der Waals surface area contributed by atoms with Gasteiger partial charge in [0.2, 0.25) is 0 Å². The van der Waals surface area contributed by atoms with Crippen LogP contribution in [-0.2, 0) is 0 Å². The van der Waals surface area contributed by atoms with Crippen molar-refractivity contribution in [2.45, 2.75) is 18.9 Å². The van der Waals surface area contributed by atoms with E-state index in [4.69, 9.17) is 4.74 Å². The summed E-state index contributed by atoms with van der Waals surface area (Å²) in [5.41, 5.74) is 2.36. The number of aromatic amines is 1. The van der Waals surface area contributed by atoms with Gasteiger partial charge in [-0.05, 0) is 50.0 Å². The fraction of sp³-hybridized carbons (Fsp3) is 0.368. The molecule has 0 radical (unpaired) electrons. The van der Waals surface area contributed by atoms with Crippen molar-refractivity contribution in [1.29, 1.82) is 0 Å². The zero-order valence-electron chi connectivity index (χ0n) is 12.6. The van der Waals surface area contributed by atoms with Gasteiger partial charge in [-0.1, -0.05) is 18.2 Å². The molecule has 1 N–H and O–H groups in total. The second-order valence-corrected chi connectivity index (χ2v) is 6.67. The van der Waals surface area contributed by atoms with Crippen LogP contribution in [0.25, 0.3) is 21.8 Å². The fourth-order valence-corrected chi connectivity index (χ4v) is 4.13. The van der Waals surface area contributed by atoms with Gasteiger partial charge in [-0.15, -0.1) is 0 Å². The Morgan fingerprint density at radius 2 is 1.77 bits per heavy atom. The third-order valence-corrected chi connectivity index (χ3v) is 5.36. The van der Waals surface area contributed by atoms with Crippen molar-refractivity contribution in [2.24, 2.45) is 5.92 Å². The molecule has 3 aromatic rings. The van der Waals surface area contributed by atoms with Gasteiger partial charge in [-0.25, -0.2) is 0 Å². The first-order chi connectivity index (χ1) is 10.9. The van der Waals surface area contributed by atoms with Crippen LogP contribution in [0, 0.1) is 5.92 Å². The number of piperidine rings is 3. The molecule has 3 aliphatic heterocycles. The molecule has 4 heterocycles. The number of hydrogen-bond donors (Lipinski definition) is 1. The van der Waals surface area contributed by atoms with Crippen LogP contribution in [0.3, 0.4) is 0 Å². The van der Waals surface area contributed by atoms with Crippen LogP contribution in [0.15, 0.2) is 42.5 Å². The summed E-state index contributed by atoms with van der Waals surface area (Å²) in [5, 5.41) is 2.56. The van der Waals surface area contributed by atoms with Gasteiger partial charge < -0.3 is 9.72 Å². The van der Waals surface area contributed by atoms with E-state index in [1.165, 1.54) is 47.7 Å². The Kier molecular flexibility index (Phi) is 2.71. The third kappa shape index (κ3) is 1.92. The summed E-state index contributed by atoms with van der Waals surface area (Å²) >= 11 is 0. The van der Waals surface area contributed by atoms with Crippen LogP contribution in [0.5, 0.6) is 5.75 Å². The van der Waals surface area contributed by atoms with Crippen molar-refractivity contribution < 1.29 is 4.74 Å². The summed E-state index contributed by atoms with van der Waals surface area (Å²) in [7, 11) is 0. The van der Waals surface area contributed by atoms with Crippen LogP contribution in [0.4, 0.5) is 0 Å². The Labute approximate surface area is 129 Å². The summed E-state index contributed by atoms with van der Waals surface area (Å²) in [5.74, 6) is 1.74. The van der Waals surface area contributed by atoms with Gasteiger partial charge in [0.1, 0.15) is 11.9 Å². The molecule has 2 aromatic carbocycles. The standard InChI is InChI=1S/C19H20N2O/c1-2-4-17-15(3-1)16-6-5-14(11-18(16)20-17)22-19-12-21-9-7-13(19)8-10-21/h1-6,11,13,19-20H,7-10,12H2. The van der Waals surface area contributed by atoms with E-state index in [9.17, 15) is 0 Å². The molecule has 0 spiro atoms. The first kappa shape index (κ1) is 12.5. The molecule has 0 aliphatic carbocycles. The van der Waals surface area contributed by atoms with Crippen LogP contribution >= 0.6 is 0 Å². The molecule has 6 rings (SSSR count). The molecule has 0 amide bonds. The minimum absolute atomic E-state index is 0.365. The van der Waals surface area contributed by atoms with Crippen molar-refractivity contribution in [2.75, 3.05) is 19.6 Å². The lowest BCUT2D eigenvalue weighted by Crippen LogP contribution is -2.52. The summed E-state index contributed by atoms with van der Waals surface area (Å²) < 4.78 is 6.33.